The number of hydrogen-bond acceptors (Lipinski definition) is 2. The predicted octanol–water partition coefficient (Wildman–Crippen LogP) is 2.82. The average molecular weight is 297 g/mol. The normalized spacial score (nSPS) is 21.0. The Balaban J connectivity index is 1.63. The molecule has 1 aromatic heterocycles. The minimum Gasteiger partial charge on any atom is -0.342 e. The largest absolute Gasteiger partial charge is 0.342 e. The van der Waals surface area contributed by atoms with Gasteiger partial charge in [-0.3, -0.25) is 9.89 Å². The summed E-state index contributed by atoms with van der Waals surface area (Å²) >= 11 is 0. The van der Waals surface area contributed by atoms with E-state index in [9.17, 15) is 4.79 Å². The lowest BCUT2D eigenvalue weighted by molar-refractivity contribution is -0.132. The van der Waals surface area contributed by atoms with E-state index in [1.807, 2.05) is 18.0 Å². The van der Waals surface area contributed by atoms with Crippen LogP contribution in [-0.4, -0.2) is 34.1 Å². The summed E-state index contributed by atoms with van der Waals surface area (Å²) < 4.78 is 0. The van der Waals surface area contributed by atoms with Gasteiger partial charge in [0.2, 0.25) is 5.91 Å². The quantitative estimate of drug-likeness (QED) is 0.922. The fraction of sp³-hybridized carbons (Fsp3) is 0.444. The van der Waals surface area contributed by atoms with E-state index >= 15 is 0 Å². The molecule has 1 N–H and O–H groups in total. The Kier molecular flexibility index (Phi) is 4.56. The second-order valence-corrected chi connectivity index (χ2v) is 6.21. The zero-order chi connectivity index (χ0) is 15.4. The van der Waals surface area contributed by atoms with Gasteiger partial charge in [-0.25, -0.2) is 0 Å². The van der Waals surface area contributed by atoms with E-state index in [1.165, 1.54) is 18.4 Å². The Labute approximate surface area is 131 Å². The second-order valence-electron chi connectivity index (χ2n) is 6.21. The van der Waals surface area contributed by atoms with Crippen molar-refractivity contribution in [2.75, 3.05) is 7.05 Å². The van der Waals surface area contributed by atoms with Crippen molar-refractivity contribution >= 4 is 5.91 Å². The first-order chi connectivity index (χ1) is 10.7. The van der Waals surface area contributed by atoms with Crippen molar-refractivity contribution in [2.24, 2.45) is 5.92 Å². The van der Waals surface area contributed by atoms with Crippen LogP contribution in [0.25, 0.3) is 0 Å². The third-order valence-electron chi connectivity index (χ3n) is 4.75. The fourth-order valence-electron chi connectivity index (χ4n) is 3.54. The fourth-order valence-corrected chi connectivity index (χ4v) is 3.54. The lowest BCUT2D eigenvalue weighted by Crippen LogP contribution is -2.40. The molecule has 0 saturated heterocycles. The van der Waals surface area contributed by atoms with Gasteiger partial charge < -0.3 is 4.90 Å². The summed E-state index contributed by atoms with van der Waals surface area (Å²) in [6.07, 6.45) is 6.70. The van der Waals surface area contributed by atoms with Crippen LogP contribution in [0.4, 0.5) is 0 Å². The molecule has 0 spiro atoms. The van der Waals surface area contributed by atoms with Crippen LogP contribution in [0.1, 0.15) is 30.5 Å². The summed E-state index contributed by atoms with van der Waals surface area (Å²) in [6.45, 7) is 0. The molecule has 0 unspecified atom stereocenters. The number of aromatic nitrogens is 2. The zero-order valence-electron chi connectivity index (χ0n) is 13.0. The van der Waals surface area contributed by atoms with E-state index in [2.05, 4.69) is 40.5 Å². The van der Waals surface area contributed by atoms with Crippen LogP contribution >= 0.6 is 0 Å². The van der Waals surface area contributed by atoms with Gasteiger partial charge >= 0.3 is 0 Å². The summed E-state index contributed by atoms with van der Waals surface area (Å²) in [5.74, 6) is 0.743. The van der Waals surface area contributed by atoms with Gasteiger partial charge in [0.25, 0.3) is 0 Å². The van der Waals surface area contributed by atoms with E-state index in [0.717, 1.165) is 18.5 Å². The minimum absolute atomic E-state index is 0.175. The third-order valence-corrected chi connectivity index (χ3v) is 4.75. The van der Waals surface area contributed by atoms with Crippen molar-refractivity contribution in [3.05, 3.63) is 53.9 Å². The summed E-state index contributed by atoms with van der Waals surface area (Å²) in [5.41, 5.74) is 2.25. The molecular formula is C18H23N3O. The molecule has 4 heteroatoms. The number of carbonyl (C=O) groups is 1. The summed E-state index contributed by atoms with van der Waals surface area (Å²) in [5, 5.41) is 6.77. The van der Waals surface area contributed by atoms with E-state index < -0.39 is 0 Å². The molecule has 3 rings (SSSR count). The Morgan fingerprint density at radius 1 is 1.27 bits per heavy atom. The Hall–Kier alpha value is -2.10. The van der Waals surface area contributed by atoms with Crippen molar-refractivity contribution in [2.45, 2.75) is 38.1 Å². The zero-order valence-corrected chi connectivity index (χ0v) is 13.0. The first kappa shape index (κ1) is 14.8. The van der Waals surface area contributed by atoms with Gasteiger partial charge in [-0.1, -0.05) is 36.8 Å². The highest BCUT2D eigenvalue weighted by Gasteiger charge is 2.32. The first-order valence-electron chi connectivity index (χ1n) is 8.02. The van der Waals surface area contributed by atoms with E-state index in [0.29, 0.717) is 18.4 Å². The van der Waals surface area contributed by atoms with Gasteiger partial charge in [-0.05, 0) is 36.8 Å². The van der Waals surface area contributed by atoms with Crippen molar-refractivity contribution in [1.82, 2.24) is 15.1 Å². The van der Waals surface area contributed by atoms with Crippen molar-refractivity contribution in [1.29, 1.82) is 0 Å². The second kappa shape index (κ2) is 6.77. The molecule has 1 aromatic carbocycles. The van der Waals surface area contributed by atoms with Crippen molar-refractivity contribution in [3.63, 3.8) is 0 Å². The molecule has 1 aliphatic rings. The number of hydrogen-bond donors (Lipinski definition) is 1. The van der Waals surface area contributed by atoms with Crippen molar-refractivity contribution in [3.8, 4) is 0 Å². The standard InChI is InChI=1S/C18H23N3O/c1-21(18(22)13-16-10-11-19-20-16)17-9-5-8-15(17)12-14-6-3-2-4-7-14/h2-4,6-7,10-11,15,17H,5,8-9,12-13H2,1H3,(H,19,20)/t15-,17+/m1/s1. The van der Waals surface area contributed by atoms with Crippen LogP contribution in [0, 0.1) is 5.92 Å². The van der Waals surface area contributed by atoms with Crippen LogP contribution in [0.15, 0.2) is 42.6 Å². The summed E-state index contributed by atoms with van der Waals surface area (Å²) in [7, 11) is 1.95. The van der Waals surface area contributed by atoms with Crippen LogP contribution in [0.2, 0.25) is 0 Å². The molecule has 116 valence electrons. The molecule has 0 bridgehead atoms. The van der Waals surface area contributed by atoms with E-state index in [-0.39, 0.29) is 5.91 Å². The highest BCUT2D eigenvalue weighted by atomic mass is 16.2. The topological polar surface area (TPSA) is 49.0 Å². The molecule has 1 amide bonds. The number of likely N-dealkylation sites (N-methyl/N-ethyl adjacent to an activating group) is 1. The van der Waals surface area contributed by atoms with Gasteiger partial charge in [0.15, 0.2) is 0 Å². The number of nitrogens with one attached hydrogen (secondary N) is 1. The average Bonchev–Trinajstić information content (AvgIpc) is 3.19. The van der Waals surface area contributed by atoms with Gasteiger partial charge in [0.05, 0.1) is 6.42 Å². The molecule has 4 nitrogen and oxygen atoms in total. The van der Waals surface area contributed by atoms with Crippen LogP contribution < -0.4 is 0 Å². The minimum atomic E-state index is 0.175. The lowest BCUT2D eigenvalue weighted by atomic mass is 9.93. The van der Waals surface area contributed by atoms with Crippen LogP contribution in [0.5, 0.6) is 0 Å². The molecule has 2 atom stereocenters. The molecule has 1 heterocycles. The van der Waals surface area contributed by atoms with Crippen molar-refractivity contribution < 1.29 is 4.79 Å². The maximum atomic E-state index is 12.5. The highest BCUT2D eigenvalue weighted by Crippen LogP contribution is 2.32. The summed E-state index contributed by atoms with van der Waals surface area (Å²) in [4.78, 5) is 14.4. The number of H-pyrrole nitrogens is 1. The monoisotopic (exact) mass is 297 g/mol. The van der Waals surface area contributed by atoms with Crippen LogP contribution in [0.3, 0.4) is 0 Å². The molecule has 1 aliphatic carbocycles. The van der Waals surface area contributed by atoms with Gasteiger partial charge in [-0.2, -0.15) is 5.10 Å². The number of carbonyl (C=O) groups excluding carboxylic acids is 1. The van der Waals surface area contributed by atoms with Gasteiger partial charge in [0.1, 0.15) is 0 Å². The van der Waals surface area contributed by atoms with Crippen LogP contribution in [-0.2, 0) is 17.6 Å². The molecule has 0 aliphatic heterocycles. The maximum Gasteiger partial charge on any atom is 0.228 e. The number of aromatic amines is 1. The Morgan fingerprint density at radius 3 is 2.82 bits per heavy atom. The lowest BCUT2D eigenvalue weighted by Gasteiger charge is -2.30. The SMILES string of the molecule is CN(C(=O)Cc1ccn[nH]1)[C@H]1CCC[C@@H]1Cc1ccccc1. The number of nitrogens with zero attached hydrogens (tertiary/aromatic N) is 2. The Morgan fingerprint density at radius 2 is 2.09 bits per heavy atom. The van der Waals surface area contributed by atoms with E-state index in [4.69, 9.17) is 0 Å². The number of benzene rings is 1. The van der Waals surface area contributed by atoms with Gasteiger partial charge in [0, 0.05) is 25.0 Å². The number of amides is 1. The molecule has 0 radical (unpaired) electrons. The maximum absolute atomic E-state index is 12.5. The first-order valence-corrected chi connectivity index (χ1v) is 8.02. The molecule has 2 aromatic rings. The molecule has 1 saturated carbocycles. The smallest absolute Gasteiger partial charge is 0.228 e. The predicted molar refractivity (Wildman–Crippen MR) is 86.3 cm³/mol. The molecule has 1 fully saturated rings. The third kappa shape index (κ3) is 3.38. The Bertz CT molecular complexity index is 594. The number of rotatable bonds is 5. The summed E-state index contributed by atoms with van der Waals surface area (Å²) in [6, 6.07) is 12.8. The highest BCUT2D eigenvalue weighted by molar-refractivity contribution is 5.78. The molecule has 22 heavy (non-hydrogen) atoms. The van der Waals surface area contributed by atoms with E-state index in [1.54, 1.807) is 6.20 Å². The van der Waals surface area contributed by atoms with Gasteiger partial charge in [-0.15, -0.1) is 0 Å². The molecular weight excluding hydrogens is 274 g/mol.